The summed E-state index contributed by atoms with van der Waals surface area (Å²) in [7, 11) is 0. The second-order valence-corrected chi connectivity index (χ2v) is 10.0. The molecule has 0 bridgehead atoms. The summed E-state index contributed by atoms with van der Waals surface area (Å²) < 4.78 is 45.3. The van der Waals surface area contributed by atoms with Crippen LogP contribution in [0.25, 0.3) is 0 Å². The molecule has 4 nitrogen and oxygen atoms in total. The number of hydrogen-bond donors (Lipinski definition) is 1. The minimum Gasteiger partial charge on any atom is -0.381 e. The molecule has 4 aliphatic rings. The average molecular weight is 437 g/mol. The number of hydrogen-bond acceptors (Lipinski definition) is 3. The lowest BCUT2D eigenvalue weighted by Crippen LogP contribution is -2.43. The molecule has 1 saturated carbocycles. The molecular formula is C24H31F3N2O2. The highest BCUT2D eigenvalue weighted by Gasteiger charge is 2.61. The molecule has 1 aromatic rings. The van der Waals surface area contributed by atoms with Crippen molar-refractivity contribution in [2.45, 2.75) is 82.7 Å². The van der Waals surface area contributed by atoms with Gasteiger partial charge in [-0.2, -0.15) is 13.2 Å². The highest BCUT2D eigenvalue weighted by Crippen LogP contribution is 2.56. The summed E-state index contributed by atoms with van der Waals surface area (Å²) >= 11 is 0. The van der Waals surface area contributed by atoms with E-state index in [2.05, 4.69) is 12.2 Å². The van der Waals surface area contributed by atoms with Gasteiger partial charge in [-0.15, -0.1) is 0 Å². The van der Waals surface area contributed by atoms with Crippen LogP contribution in [0.4, 0.5) is 13.2 Å². The molecule has 2 saturated heterocycles. The normalized spacial score (nSPS) is 36.2. The highest BCUT2D eigenvalue weighted by molar-refractivity contribution is 5.87. The van der Waals surface area contributed by atoms with E-state index in [9.17, 15) is 18.0 Å². The van der Waals surface area contributed by atoms with Crippen molar-refractivity contribution in [3.05, 3.63) is 34.9 Å². The number of carbonyl (C=O) groups is 1. The summed E-state index contributed by atoms with van der Waals surface area (Å²) in [5.74, 6) is 0.344. The maximum atomic E-state index is 13.8. The van der Waals surface area contributed by atoms with Crippen molar-refractivity contribution in [1.29, 1.82) is 0 Å². The van der Waals surface area contributed by atoms with Crippen LogP contribution in [0.1, 0.15) is 68.7 Å². The van der Waals surface area contributed by atoms with Crippen LogP contribution in [0, 0.1) is 11.3 Å². The molecule has 1 N–H and O–H groups in total. The van der Waals surface area contributed by atoms with Crippen LogP contribution in [0.15, 0.2) is 18.2 Å². The molecule has 3 aliphatic heterocycles. The van der Waals surface area contributed by atoms with E-state index in [1.807, 2.05) is 11.8 Å². The van der Waals surface area contributed by atoms with E-state index in [0.29, 0.717) is 24.1 Å². The van der Waals surface area contributed by atoms with Gasteiger partial charge in [0.15, 0.2) is 0 Å². The van der Waals surface area contributed by atoms with Crippen LogP contribution in [0.2, 0.25) is 0 Å². The number of alkyl halides is 3. The first-order chi connectivity index (χ1) is 14.7. The number of nitrogens with one attached hydrogen (secondary N) is 1. The SMILES string of the molecule is CC1c2cc(C(F)(F)F)ccc2CC2C(C)[C@@]3(CC[C@@H](NC4CCOCC4)C3)C(=O)N12. The Bertz CT molecular complexity index is 867. The minimum absolute atomic E-state index is 0.0635. The molecule has 3 fully saturated rings. The first kappa shape index (κ1) is 21.3. The Morgan fingerprint density at radius 1 is 1.13 bits per heavy atom. The van der Waals surface area contributed by atoms with Gasteiger partial charge in [-0.25, -0.2) is 0 Å². The van der Waals surface area contributed by atoms with Crippen molar-refractivity contribution >= 4 is 5.91 Å². The molecule has 0 aromatic heterocycles. The van der Waals surface area contributed by atoms with Crippen molar-refractivity contribution in [3.8, 4) is 0 Å². The molecule has 1 aromatic carbocycles. The smallest absolute Gasteiger partial charge is 0.381 e. The van der Waals surface area contributed by atoms with Gasteiger partial charge in [-0.3, -0.25) is 4.79 Å². The van der Waals surface area contributed by atoms with Crippen LogP contribution in [0.3, 0.4) is 0 Å². The second-order valence-electron chi connectivity index (χ2n) is 10.0. The molecule has 170 valence electrons. The monoisotopic (exact) mass is 436 g/mol. The summed E-state index contributed by atoms with van der Waals surface area (Å²) in [5.41, 5.74) is 0.579. The lowest BCUT2D eigenvalue weighted by molar-refractivity contribution is -0.139. The third-order valence-electron chi connectivity index (χ3n) is 8.48. The van der Waals surface area contributed by atoms with Crippen molar-refractivity contribution in [1.82, 2.24) is 10.2 Å². The number of amides is 1. The van der Waals surface area contributed by atoms with E-state index < -0.39 is 17.2 Å². The summed E-state index contributed by atoms with van der Waals surface area (Å²) in [6.07, 6.45) is 0.957. The fraction of sp³-hybridized carbons (Fsp3) is 0.708. The van der Waals surface area contributed by atoms with Crippen LogP contribution in [-0.2, 0) is 22.1 Å². The summed E-state index contributed by atoms with van der Waals surface area (Å²) in [6.45, 7) is 5.65. The Kier molecular flexibility index (Phi) is 5.13. The van der Waals surface area contributed by atoms with Gasteiger partial charge in [0.25, 0.3) is 0 Å². The number of fused-ring (bicyclic) bond motifs is 2. The summed E-state index contributed by atoms with van der Waals surface area (Å²) in [5, 5.41) is 3.77. The van der Waals surface area contributed by atoms with Gasteiger partial charge in [-0.05, 0) is 74.6 Å². The van der Waals surface area contributed by atoms with Crippen LogP contribution >= 0.6 is 0 Å². The second kappa shape index (κ2) is 7.48. The van der Waals surface area contributed by atoms with E-state index >= 15 is 0 Å². The number of nitrogens with zero attached hydrogens (tertiary/aromatic N) is 1. The first-order valence-electron chi connectivity index (χ1n) is 11.6. The molecule has 31 heavy (non-hydrogen) atoms. The van der Waals surface area contributed by atoms with Crippen LogP contribution < -0.4 is 5.32 Å². The quantitative estimate of drug-likeness (QED) is 0.744. The number of ether oxygens (including phenoxy) is 1. The van der Waals surface area contributed by atoms with E-state index in [-0.39, 0.29) is 23.9 Å². The average Bonchev–Trinajstić information content (AvgIpc) is 3.25. The zero-order valence-corrected chi connectivity index (χ0v) is 18.2. The zero-order chi connectivity index (χ0) is 22.0. The maximum absolute atomic E-state index is 13.8. The van der Waals surface area contributed by atoms with Gasteiger partial charge in [0.05, 0.1) is 17.0 Å². The standard InChI is InChI=1S/C24H31F3N2O2/c1-14-21-11-16-3-4-17(24(25,26)27)12-20(16)15(2)29(21)22(30)23(14)8-5-19(13-23)28-18-6-9-31-10-7-18/h3-4,12,14-15,18-19,21,28H,5-11,13H2,1-2H3/t14?,15?,19-,21?,23+/m1/s1. The molecule has 3 heterocycles. The van der Waals surface area contributed by atoms with Crippen molar-refractivity contribution in [3.63, 3.8) is 0 Å². The fourth-order valence-corrected chi connectivity index (χ4v) is 6.69. The van der Waals surface area contributed by atoms with E-state index in [1.165, 1.54) is 12.1 Å². The molecule has 0 radical (unpaired) electrons. The topological polar surface area (TPSA) is 41.6 Å². The Labute approximate surface area is 181 Å². The largest absolute Gasteiger partial charge is 0.416 e. The molecule has 1 spiro atoms. The fourth-order valence-electron chi connectivity index (χ4n) is 6.69. The molecule has 1 amide bonds. The third kappa shape index (κ3) is 3.39. The Balaban J connectivity index is 1.38. The molecule has 5 atom stereocenters. The van der Waals surface area contributed by atoms with Gasteiger partial charge in [0.1, 0.15) is 0 Å². The number of rotatable bonds is 2. The van der Waals surface area contributed by atoms with Gasteiger partial charge in [-0.1, -0.05) is 13.0 Å². The van der Waals surface area contributed by atoms with Crippen molar-refractivity contribution in [2.75, 3.05) is 13.2 Å². The van der Waals surface area contributed by atoms with E-state index in [1.54, 1.807) is 6.07 Å². The summed E-state index contributed by atoms with van der Waals surface area (Å²) in [6, 6.07) is 4.57. The number of carbonyl (C=O) groups excluding carboxylic acids is 1. The minimum atomic E-state index is -4.37. The Hall–Kier alpha value is -1.60. The van der Waals surface area contributed by atoms with Gasteiger partial charge in [0, 0.05) is 31.3 Å². The molecule has 1 aliphatic carbocycles. The van der Waals surface area contributed by atoms with Gasteiger partial charge < -0.3 is 15.0 Å². The van der Waals surface area contributed by atoms with Gasteiger partial charge in [0.2, 0.25) is 5.91 Å². The first-order valence-corrected chi connectivity index (χ1v) is 11.6. The summed E-state index contributed by atoms with van der Waals surface area (Å²) in [4.78, 5) is 15.7. The number of halogens is 3. The molecule has 7 heteroatoms. The lowest BCUT2D eigenvalue weighted by Gasteiger charge is -2.39. The Morgan fingerprint density at radius 2 is 1.87 bits per heavy atom. The van der Waals surface area contributed by atoms with Crippen LogP contribution in [-0.4, -0.2) is 42.1 Å². The van der Waals surface area contributed by atoms with Crippen molar-refractivity contribution < 1.29 is 22.7 Å². The van der Waals surface area contributed by atoms with Gasteiger partial charge >= 0.3 is 6.18 Å². The molecule has 3 unspecified atom stereocenters. The highest BCUT2D eigenvalue weighted by atomic mass is 19.4. The van der Waals surface area contributed by atoms with E-state index in [0.717, 1.165) is 50.9 Å². The molecular weight excluding hydrogens is 405 g/mol. The predicted octanol–water partition coefficient (Wildman–Crippen LogP) is 4.48. The predicted molar refractivity (Wildman–Crippen MR) is 110 cm³/mol. The Morgan fingerprint density at radius 3 is 2.58 bits per heavy atom. The van der Waals surface area contributed by atoms with E-state index in [4.69, 9.17) is 4.74 Å². The lowest BCUT2D eigenvalue weighted by atomic mass is 9.73. The maximum Gasteiger partial charge on any atom is 0.416 e. The third-order valence-corrected chi connectivity index (χ3v) is 8.48. The number of benzene rings is 1. The van der Waals surface area contributed by atoms with Crippen molar-refractivity contribution in [2.24, 2.45) is 11.3 Å². The molecule has 5 rings (SSSR count). The zero-order valence-electron chi connectivity index (χ0n) is 18.2. The van der Waals surface area contributed by atoms with Crippen LogP contribution in [0.5, 0.6) is 0 Å².